The molecule has 0 saturated heterocycles. The summed E-state index contributed by atoms with van der Waals surface area (Å²) in [6, 6.07) is 2.17. The molecule has 1 heterocycles. The van der Waals surface area contributed by atoms with Gasteiger partial charge >= 0.3 is 0 Å². The molecule has 0 saturated carbocycles. The lowest BCUT2D eigenvalue weighted by Crippen LogP contribution is -2.38. The van der Waals surface area contributed by atoms with Crippen molar-refractivity contribution >= 4 is 27.3 Å². The summed E-state index contributed by atoms with van der Waals surface area (Å²) in [7, 11) is 0. The summed E-state index contributed by atoms with van der Waals surface area (Å²) in [5, 5.41) is 3.40. The van der Waals surface area contributed by atoms with Crippen molar-refractivity contribution in [3.05, 3.63) is 20.3 Å². The third-order valence-electron chi connectivity index (χ3n) is 2.26. The van der Waals surface area contributed by atoms with Crippen LogP contribution in [0.15, 0.2) is 10.5 Å². The van der Waals surface area contributed by atoms with Crippen LogP contribution in [0.2, 0.25) is 0 Å². The molecule has 0 radical (unpaired) electrons. The van der Waals surface area contributed by atoms with Gasteiger partial charge in [0.05, 0.1) is 13.2 Å². The van der Waals surface area contributed by atoms with Gasteiger partial charge in [-0.1, -0.05) is 0 Å². The third-order valence-corrected chi connectivity index (χ3v) is 4.34. The predicted molar refractivity (Wildman–Crippen MR) is 79.0 cm³/mol. The highest BCUT2D eigenvalue weighted by molar-refractivity contribution is 9.10. The second-order valence-corrected chi connectivity index (χ2v) is 7.36. The summed E-state index contributed by atoms with van der Waals surface area (Å²) in [6.45, 7) is 11.1. The molecule has 4 heteroatoms. The van der Waals surface area contributed by atoms with Crippen LogP contribution in [0.5, 0.6) is 0 Å². The first-order chi connectivity index (χ1) is 7.88. The fourth-order valence-electron chi connectivity index (χ4n) is 1.47. The van der Waals surface area contributed by atoms with Crippen LogP contribution < -0.4 is 5.32 Å². The van der Waals surface area contributed by atoms with Gasteiger partial charge in [0.2, 0.25) is 0 Å². The van der Waals surface area contributed by atoms with E-state index in [2.05, 4.69) is 55.0 Å². The fourth-order valence-corrected chi connectivity index (χ4v) is 3.31. The van der Waals surface area contributed by atoms with Gasteiger partial charge in [0.15, 0.2) is 0 Å². The van der Waals surface area contributed by atoms with Crippen LogP contribution in [0, 0.1) is 6.92 Å². The standard InChI is InChI=1S/C13H22BrNOS/c1-10-9-11(14)12(17-10)5-7-16-8-6-15-13(2,3)4/h9,15H,5-8H2,1-4H3. The summed E-state index contributed by atoms with van der Waals surface area (Å²) in [5.74, 6) is 0. The molecule has 0 aliphatic rings. The van der Waals surface area contributed by atoms with Gasteiger partial charge in [-0.15, -0.1) is 11.3 Å². The average Bonchev–Trinajstić information content (AvgIpc) is 2.49. The largest absolute Gasteiger partial charge is 0.380 e. The number of aryl methyl sites for hydroxylation is 1. The van der Waals surface area contributed by atoms with Gasteiger partial charge in [-0.3, -0.25) is 0 Å². The number of rotatable bonds is 6. The molecule has 0 aromatic carbocycles. The van der Waals surface area contributed by atoms with Crippen LogP contribution in [-0.2, 0) is 11.2 Å². The van der Waals surface area contributed by atoms with Crippen molar-refractivity contribution in [3.63, 3.8) is 0 Å². The second kappa shape index (κ2) is 6.88. The van der Waals surface area contributed by atoms with Crippen LogP contribution in [0.25, 0.3) is 0 Å². The van der Waals surface area contributed by atoms with E-state index in [4.69, 9.17) is 4.74 Å². The minimum absolute atomic E-state index is 0.178. The Hall–Kier alpha value is 0.1000. The Kier molecular flexibility index (Phi) is 6.13. The molecule has 0 atom stereocenters. The van der Waals surface area contributed by atoms with E-state index < -0.39 is 0 Å². The van der Waals surface area contributed by atoms with Gasteiger partial charge in [0, 0.05) is 32.7 Å². The van der Waals surface area contributed by atoms with Gasteiger partial charge in [-0.05, 0) is 49.7 Å². The predicted octanol–water partition coefficient (Wildman–Crippen LogP) is 3.77. The fraction of sp³-hybridized carbons (Fsp3) is 0.692. The molecule has 17 heavy (non-hydrogen) atoms. The van der Waals surface area contributed by atoms with E-state index in [1.807, 2.05) is 11.3 Å². The zero-order valence-electron chi connectivity index (χ0n) is 11.1. The number of hydrogen-bond donors (Lipinski definition) is 1. The van der Waals surface area contributed by atoms with E-state index >= 15 is 0 Å². The topological polar surface area (TPSA) is 21.3 Å². The Morgan fingerprint density at radius 2 is 2.06 bits per heavy atom. The number of hydrogen-bond acceptors (Lipinski definition) is 3. The van der Waals surface area contributed by atoms with Crippen LogP contribution in [0.1, 0.15) is 30.5 Å². The quantitative estimate of drug-likeness (QED) is 0.806. The van der Waals surface area contributed by atoms with Crippen molar-refractivity contribution in [3.8, 4) is 0 Å². The summed E-state index contributed by atoms with van der Waals surface area (Å²) in [5.41, 5.74) is 0.178. The molecule has 0 spiro atoms. The number of nitrogens with one attached hydrogen (secondary N) is 1. The average molecular weight is 320 g/mol. The van der Waals surface area contributed by atoms with E-state index in [0.29, 0.717) is 0 Å². The molecular formula is C13H22BrNOS. The van der Waals surface area contributed by atoms with E-state index in [1.54, 1.807) is 0 Å². The highest BCUT2D eigenvalue weighted by atomic mass is 79.9. The first-order valence-corrected chi connectivity index (χ1v) is 7.57. The Bertz CT molecular complexity index is 344. The van der Waals surface area contributed by atoms with Crippen molar-refractivity contribution in [1.82, 2.24) is 5.32 Å². The molecule has 0 aliphatic heterocycles. The molecular weight excluding hydrogens is 298 g/mol. The Morgan fingerprint density at radius 3 is 2.59 bits per heavy atom. The van der Waals surface area contributed by atoms with Gasteiger partial charge in [0.1, 0.15) is 0 Å². The molecule has 1 rings (SSSR count). The smallest absolute Gasteiger partial charge is 0.0591 e. The third kappa shape index (κ3) is 6.55. The van der Waals surface area contributed by atoms with Crippen molar-refractivity contribution in [2.45, 2.75) is 39.7 Å². The van der Waals surface area contributed by atoms with Crippen LogP contribution >= 0.6 is 27.3 Å². The first-order valence-electron chi connectivity index (χ1n) is 5.96. The Labute approximate surface area is 117 Å². The first kappa shape index (κ1) is 15.2. The maximum Gasteiger partial charge on any atom is 0.0591 e. The molecule has 0 aliphatic carbocycles. The maximum absolute atomic E-state index is 5.62. The minimum Gasteiger partial charge on any atom is -0.380 e. The van der Waals surface area contributed by atoms with Gasteiger partial charge < -0.3 is 10.1 Å². The summed E-state index contributed by atoms with van der Waals surface area (Å²) >= 11 is 5.41. The van der Waals surface area contributed by atoms with Crippen molar-refractivity contribution in [2.24, 2.45) is 0 Å². The molecule has 0 unspecified atom stereocenters. The molecule has 98 valence electrons. The summed E-state index contributed by atoms with van der Waals surface area (Å²) < 4.78 is 6.84. The van der Waals surface area contributed by atoms with Gasteiger partial charge in [-0.2, -0.15) is 0 Å². The van der Waals surface area contributed by atoms with Crippen LogP contribution in [-0.4, -0.2) is 25.3 Å². The van der Waals surface area contributed by atoms with E-state index in [-0.39, 0.29) is 5.54 Å². The summed E-state index contributed by atoms with van der Waals surface area (Å²) in [6.07, 6.45) is 0.995. The van der Waals surface area contributed by atoms with Crippen LogP contribution in [0.3, 0.4) is 0 Å². The SMILES string of the molecule is Cc1cc(Br)c(CCOCCNC(C)(C)C)s1. The molecule has 0 fully saturated rings. The highest BCUT2D eigenvalue weighted by Crippen LogP contribution is 2.27. The highest BCUT2D eigenvalue weighted by Gasteiger charge is 2.07. The van der Waals surface area contributed by atoms with Crippen molar-refractivity contribution < 1.29 is 4.74 Å². The molecule has 1 aromatic heterocycles. The van der Waals surface area contributed by atoms with Crippen LogP contribution in [0.4, 0.5) is 0 Å². The number of thiophene rings is 1. The summed E-state index contributed by atoms with van der Waals surface area (Å²) in [4.78, 5) is 2.73. The van der Waals surface area contributed by atoms with E-state index in [0.717, 1.165) is 26.2 Å². The lowest BCUT2D eigenvalue weighted by molar-refractivity contribution is 0.134. The maximum atomic E-state index is 5.62. The monoisotopic (exact) mass is 319 g/mol. The Balaban J connectivity index is 2.11. The molecule has 1 N–H and O–H groups in total. The molecule has 2 nitrogen and oxygen atoms in total. The number of halogens is 1. The Morgan fingerprint density at radius 1 is 1.35 bits per heavy atom. The van der Waals surface area contributed by atoms with Crippen molar-refractivity contribution in [2.75, 3.05) is 19.8 Å². The molecule has 1 aromatic rings. The van der Waals surface area contributed by atoms with Gasteiger partial charge in [0.25, 0.3) is 0 Å². The van der Waals surface area contributed by atoms with Gasteiger partial charge in [-0.25, -0.2) is 0 Å². The molecule has 0 bridgehead atoms. The lowest BCUT2D eigenvalue weighted by atomic mass is 10.1. The second-order valence-electron chi connectivity index (χ2n) is 5.17. The minimum atomic E-state index is 0.178. The van der Waals surface area contributed by atoms with E-state index in [9.17, 15) is 0 Å². The zero-order valence-corrected chi connectivity index (χ0v) is 13.5. The normalized spacial score (nSPS) is 12.1. The zero-order chi connectivity index (χ0) is 12.9. The lowest BCUT2D eigenvalue weighted by Gasteiger charge is -2.20. The van der Waals surface area contributed by atoms with Crippen molar-refractivity contribution in [1.29, 1.82) is 0 Å². The van der Waals surface area contributed by atoms with E-state index in [1.165, 1.54) is 14.2 Å². The molecule has 0 amide bonds. The number of ether oxygens (including phenoxy) is 1.